The zero-order valence-corrected chi connectivity index (χ0v) is 19.7. The summed E-state index contributed by atoms with van der Waals surface area (Å²) in [5.74, 6) is 0.0804. The maximum absolute atomic E-state index is 13.3. The summed E-state index contributed by atoms with van der Waals surface area (Å²) in [6, 6.07) is 19.6. The predicted octanol–water partition coefficient (Wildman–Crippen LogP) is 6.38. The van der Waals surface area contributed by atoms with Crippen LogP contribution in [-0.2, 0) is 11.3 Å². The largest absolute Gasteiger partial charge is 0.494 e. The van der Waals surface area contributed by atoms with Gasteiger partial charge in [0.25, 0.3) is 5.91 Å². The topological polar surface area (TPSA) is 55.6 Å². The van der Waals surface area contributed by atoms with Gasteiger partial charge >= 0.3 is 0 Å². The molecular weight excluding hydrogens is 473 g/mol. The van der Waals surface area contributed by atoms with Crippen LogP contribution in [0.5, 0.6) is 5.75 Å². The molecule has 0 saturated carbocycles. The number of amides is 1. The minimum atomic E-state index is -0.260. The molecule has 5 nitrogen and oxygen atoms in total. The Hall–Kier alpha value is -3.55. The van der Waals surface area contributed by atoms with E-state index in [0.717, 1.165) is 22.0 Å². The quantitative estimate of drug-likeness (QED) is 0.329. The Morgan fingerprint density at radius 1 is 1.15 bits per heavy atom. The molecule has 2 heterocycles. The summed E-state index contributed by atoms with van der Waals surface area (Å²) in [6.07, 6.45) is 3.87. The summed E-state index contributed by atoms with van der Waals surface area (Å²) < 4.78 is 20.7. The van der Waals surface area contributed by atoms with Gasteiger partial charge in [0, 0.05) is 34.2 Å². The molecule has 3 aromatic carbocycles. The number of carbonyl (C=O) groups is 1. The van der Waals surface area contributed by atoms with Gasteiger partial charge in [0.1, 0.15) is 17.3 Å². The van der Waals surface area contributed by atoms with Crippen LogP contribution < -0.4 is 10.1 Å². The van der Waals surface area contributed by atoms with Gasteiger partial charge in [0.2, 0.25) is 0 Å². The lowest BCUT2D eigenvalue weighted by atomic mass is 10.1. The average molecular weight is 492 g/mol. The number of methoxy groups -OCH3 is 1. The van der Waals surface area contributed by atoms with Gasteiger partial charge in [0.05, 0.1) is 12.0 Å². The third-order valence-electron chi connectivity index (χ3n) is 5.39. The van der Waals surface area contributed by atoms with Crippen molar-refractivity contribution in [3.05, 3.63) is 99.8 Å². The lowest BCUT2D eigenvalue weighted by Crippen LogP contribution is -2.19. The van der Waals surface area contributed by atoms with Crippen LogP contribution in [-0.4, -0.2) is 22.8 Å². The second-order valence-electron chi connectivity index (χ2n) is 7.65. The molecule has 1 aliphatic rings. The molecule has 1 N–H and O–H groups in total. The van der Waals surface area contributed by atoms with E-state index in [-0.39, 0.29) is 11.7 Å². The Labute approximate surface area is 204 Å². The van der Waals surface area contributed by atoms with Gasteiger partial charge < -0.3 is 14.6 Å². The van der Waals surface area contributed by atoms with E-state index in [1.54, 1.807) is 37.4 Å². The summed E-state index contributed by atoms with van der Waals surface area (Å²) in [7, 11) is 1.56. The molecule has 0 aliphatic carbocycles. The summed E-state index contributed by atoms with van der Waals surface area (Å²) >= 11 is 7.35. The molecule has 4 aromatic rings. The Morgan fingerprint density at radius 3 is 2.74 bits per heavy atom. The van der Waals surface area contributed by atoms with Gasteiger partial charge in [-0.05, 0) is 59.8 Å². The number of aliphatic imine (C=N–C) groups is 1. The molecule has 1 amide bonds. The smallest absolute Gasteiger partial charge is 0.264 e. The molecule has 0 atom stereocenters. The predicted molar refractivity (Wildman–Crippen MR) is 136 cm³/mol. The van der Waals surface area contributed by atoms with Crippen LogP contribution in [0, 0.1) is 5.82 Å². The molecule has 0 spiro atoms. The Balaban J connectivity index is 1.47. The molecule has 1 aliphatic heterocycles. The highest BCUT2D eigenvalue weighted by Gasteiger charge is 2.25. The van der Waals surface area contributed by atoms with Gasteiger partial charge in [0.15, 0.2) is 5.17 Å². The van der Waals surface area contributed by atoms with Crippen LogP contribution in [0.25, 0.3) is 17.0 Å². The molecular formula is C26H19ClFN3O2S. The van der Waals surface area contributed by atoms with Gasteiger partial charge in [-0.2, -0.15) is 0 Å². The van der Waals surface area contributed by atoms with Crippen molar-refractivity contribution in [1.29, 1.82) is 0 Å². The molecule has 8 heteroatoms. The molecule has 34 heavy (non-hydrogen) atoms. The van der Waals surface area contributed by atoms with Crippen molar-refractivity contribution < 1.29 is 13.9 Å². The number of halogens is 2. The molecule has 0 radical (unpaired) electrons. The summed E-state index contributed by atoms with van der Waals surface area (Å²) in [5, 5.41) is 4.81. The number of hydrogen-bond donors (Lipinski definition) is 1. The lowest BCUT2D eigenvalue weighted by molar-refractivity contribution is -0.115. The van der Waals surface area contributed by atoms with Gasteiger partial charge in [-0.1, -0.05) is 41.9 Å². The fraction of sp³-hybridized carbons (Fsp3) is 0.0769. The van der Waals surface area contributed by atoms with Gasteiger partial charge in [-0.15, -0.1) is 0 Å². The van der Waals surface area contributed by atoms with Crippen LogP contribution >= 0.6 is 23.4 Å². The zero-order chi connectivity index (χ0) is 23.7. The Kier molecular flexibility index (Phi) is 6.13. The fourth-order valence-electron chi connectivity index (χ4n) is 3.79. The van der Waals surface area contributed by atoms with E-state index < -0.39 is 0 Å². The van der Waals surface area contributed by atoms with Gasteiger partial charge in [-0.3, -0.25) is 4.79 Å². The van der Waals surface area contributed by atoms with Crippen molar-refractivity contribution in [1.82, 2.24) is 9.88 Å². The monoisotopic (exact) mass is 491 g/mol. The number of benzene rings is 3. The summed E-state index contributed by atoms with van der Waals surface area (Å²) in [6.45, 7) is 0.588. The zero-order valence-electron chi connectivity index (χ0n) is 18.1. The molecule has 1 saturated heterocycles. The minimum absolute atomic E-state index is 0.222. The minimum Gasteiger partial charge on any atom is -0.494 e. The number of ether oxygens (including phenoxy) is 1. The maximum Gasteiger partial charge on any atom is 0.264 e. The lowest BCUT2D eigenvalue weighted by Gasteiger charge is -2.05. The second-order valence-corrected chi connectivity index (χ2v) is 9.12. The highest BCUT2D eigenvalue weighted by atomic mass is 35.5. The van der Waals surface area contributed by atoms with E-state index in [2.05, 4.69) is 14.9 Å². The number of nitrogens with one attached hydrogen (secondary N) is 1. The molecule has 1 aromatic heterocycles. The standard InChI is InChI=1S/C26H19ClFN3O2S/c1-33-23-11-8-18(27)13-21(23)29-26-30-25(32)24(34-26)12-17-15-31(22-5-3-2-4-20(17)22)14-16-6-9-19(28)10-7-16/h2-13,15H,14H2,1H3,(H,29,30,32)/b24-12-. The van der Waals surface area contributed by atoms with Crippen LogP contribution in [0.1, 0.15) is 11.1 Å². The number of hydrogen-bond acceptors (Lipinski definition) is 4. The van der Waals surface area contributed by atoms with Gasteiger partial charge in [-0.25, -0.2) is 9.38 Å². The average Bonchev–Trinajstić information content (AvgIpc) is 3.35. The fourth-order valence-corrected chi connectivity index (χ4v) is 4.78. The van der Waals surface area contributed by atoms with Crippen LogP contribution in [0.4, 0.5) is 10.1 Å². The van der Waals surface area contributed by atoms with Crippen molar-refractivity contribution in [3.8, 4) is 5.75 Å². The maximum atomic E-state index is 13.3. The number of nitrogens with zero attached hydrogens (tertiary/aromatic N) is 2. The SMILES string of the molecule is COc1ccc(Cl)cc1N=C1NC(=O)/C(=C/c2cn(Cc3ccc(F)cc3)c3ccccc23)S1. The van der Waals surface area contributed by atoms with E-state index in [4.69, 9.17) is 16.3 Å². The number of para-hydroxylation sites is 1. The van der Waals surface area contributed by atoms with Crippen molar-refractivity contribution >= 4 is 57.1 Å². The second kappa shape index (κ2) is 9.37. The van der Waals surface area contributed by atoms with E-state index >= 15 is 0 Å². The highest BCUT2D eigenvalue weighted by molar-refractivity contribution is 8.18. The molecule has 170 valence electrons. The van der Waals surface area contributed by atoms with E-state index in [9.17, 15) is 9.18 Å². The number of aromatic nitrogens is 1. The van der Waals surface area contributed by atoms with E-state index in [1.165, 1.54) is 23.9 Å². The van der Waals surface area contributed by atoms with Crippen LogP contribution in [0.3, 0.4) is 0 Å². The molecule has 1 fully saturated rings. The molecule has 5 rings (SSSR count). The highest BCUT2D eigenvalue weighted by Crippen LogP contribution is 2.35. The normalized spacial score (nSPS) is 15.9. The third-order valence-corrected chi connectivity index (χ3v) is 6.53. The van der Waals surface area contributed by atoms with Crippen molar-refractivity contribution in [2.75, 3.05) is 7.11 Å². The van der Waals surface area contributed by atoms with Crippen molar-refractivity contribution in [2.24, 2.45) is 4.99 Å². The Bertz CT molecular complexity index is 1460. The van der Waals surface area contributed by atoms with E-state index in [0.29, 0.717) is 33.1 Å². The van der Waals surface area contributed by atoms with E-state index in [1.807, 2.05) is 36.5 Å². The molecule has 0 unspecified atom stereocenters. The summed E-state index contributed by atoms with van der Waals surface area (Å²) in [4.78, 5) is 17.7. The Morgan fingerprint density at radius 2 is 1.94 bits per heavy atom. The first kappa shape index (κ1) is 22.3. The first-order valence-electron chi connectivity index (χ1n) is 10.5. The number of amidine groups is 1. The van der Waals surface area contributed by atoms with Crippen molar-refractivity contribution in [2.45, 2.75) is 6.54 Å². The first-order chi connectivity index (χ1) is 16.5. The van der Waals surface area contributed by atoms with Crippen LogP contribution in [0.15, 0.2) is 82.8 Å². The number of thioether (sulfide) groups is 1. The third kappa shape index (κ3) is 4.58. The van der Waals surface area contributed by atoms with Crippen molar-refractivity contribution in [3.63, 3.8) is 0 Å². The number of fused-ring (bicyclic) bond motifs is 1. The van der Waals surface area contributed by atoms with Crippen LogP contribution in [0.2, 0.25) is 5.02 Å². The number of rotatable bonds is 5. The molecule has 0 bridgehead atoms. The first-order valence-corrected chi connectivity index (χ1v) is 11.6. The summed E-state index contributed by atoms with van der Waals surface area (Å²) in [5.41, 5.74) is 3.46. The number of carbonyl (C=O) groups excluding carboxylic acids is 1.